The van der Waals surface area contributed by atoms with E-state index in [9.17, 15) is 18.0 Å². The third-order valence-corrected chi connectivity index (χ3v) is 11.5. The molecule has 42 heavy (non-hydrogen) atoms. The number of amides is 1. The van der Waals surface area contributed by atoms with Crippen LogP contribution < -0.4 is 9.46 Å². The van der Waals surface area contributed by atoms with Crippen molar-refractivity contribution >= 4 is 33.0 Å². The fourth-order valence-electron chi connectivity index (χ4n) is 7.49. The van der Waals surface area contributed by atoms with Gasteiger partial charge >= 0.3 is 16.2 Å². The van der Waals surface area contributed by atoms with E-state index in [1.54, 1.807) is 19.2 Å². The molecule has 1 aromatic heterocycles. The van der Waals surface area contributed by atoms with Gasteiger partial charge in [-0.1, -0.05) is 25.3 Å². The molecule has 3 saturated carbocycles. The molecule has 2 atom stereocenters. The number of aromatic nitrogens is 1. The van der Waals surface area contributed by atoms with Crippen LogP contribution in [-0.4, -0.2) is 56.5 Å². The quantitative estimate of drug-likeness (QED) is 0.384. The third-order valence-electron chi connectivity index (χ3n) is 10.0. The minimum Gasteiger partial charge on any atom is -0.497 e. The van der Waals surface area contributed by atoms with E-state index in [2.05, 4.69) is 21.4 Å². The van der Waals surface area contributed by atoms with Gasteiger partial charge in [-0.05, 0) is 79.5 Å². The summed E-state index contributed by atoms with van der Waals surface area (Å²) in [7, 11) is 0.642. The van der Waals surface area contributed by atoms with Crippen LogP contribution in [0, 0.1) is 5.41 Å². The molecule has 2 heterocycles. The fraction of sp³-hybridized carbons (Fsp3) is 0.500. The molecule has 2 unspecified atom stereocenters. The number of hydrogen-bond donors (Lipinski definition) is 1. The molecule has 3 aromatic rings. The highest BCUT2D eigenvalue weighted by molar-refractivity contribution is 7.87. The van der Waals surface area contributed by atoms with Crippen molar-refractivity contribution in [2.75, 3.05) is 21.3 Å². The average molecular weight is 592 g/mol. The maximum atomic E-state index is 13.4. The molecule has 10 heteroatoms. The van der Waals surface area contributed by atoms with Gasteiger partial charge in [0.2, 0.25) is 0 Å². The van der Waals surface area contributed by atoms with Crippen molar-refractivity contribution in [3.63, 3.8) is 0 Å². The minimum atomic E-state index is -3.95. The molecule has 222 valence electrons. The standard InChI is InChI=1S/C32H37N3O6S/c1-34(21-10-11-21)42(38,39)33-30(36)20-9-13-24-27(15-20)35-18-32(31(37)41-3)17-26(32)25-16-22(40-2)12-14-23(25)29(35)28(24)19-7-5-4-6-8-19/h9,12-16,19,21,26H,4-8,10-11,17-18H2,1-3H3,(H,33,36). The van der Waals surface area contributed by atoms with E-state index in [1.807, 2.05) is 12.1 Å². The van der Waals surface area contributed by atoms with Crippen LogP contribution in [0.15, 0.2) is 36.4 Å². The van der Waals surface area contributed by atoms with Crippen molar-refractivity contribution < 1.29 is 27.5 Å². The molecule has 0 saturated heterocycles. The van der Waals surface area contributed by atoms with Crippen LogP contribution in [0.3, 0.4) is 0 Å². The number of ether oxygens (including phenoxy) is 2. The molecule has 1 N–H and O–H groups in total. The van der Waals surface area contributed by atoms with E-state index < -0.39 is 21.5 Å². The van der Waals surface area contributed by atoms with Crippen molar-refractivity contribution in [2.24, 2.45) is 5.41 Å². The number of benzene rings is 2. The first-order valence-corrected chi connectivity index (χ1v) is 16.4. The lowest BCUT2D eigenvalue weighted by atomic mass is 9.81. The van der Waals surface area contributed by atoms with Crippen LogP contribution in [-0.2, 0) is 26.3 Å². The molecule has 1 amide bonds. The van der Waals surface area contributed by atoms with Gasteiger partial charge in [-0.25, -0.2) is 4.72 Å². The molecule has 0 bridgehead atoms. The van der Waals surface area contributed by atoms with E-state index in [-0.39, 0.29) is 23.5 Å². The largest absolute Gasteiger partial charge is 0.497 e. The molecule has 3 aliphatic carbocycles. The first-order chi connectivity index (χ1) is 20.2. The molecular weight excluding hydrogens is 554 g/mol. The summed E-state index contributed by atoms with van der Waals surface area (Å²) in [6.45, 7) is 0.424. The Labute approximate surface area is 246 Å². The van der Waals surface area contributed by atoms with Gasteiger partial charge in [-0.2, -0.15) is 12.7 Å². The average Bonchev–Trinajstić information content (AvgIpc) is 3.93. The Morgan fingerprint density at radius 2 is 1.79 bits per heavy atom. The van der Waals surface area contributed by atoms with Gasteiger partial charge in [0.1, 0.15) is 5.75 Å². The number of carbonyl (C=O) groups is 2. The molecule has 9 nitrogen and oxygen atoms in total. The zero-order chi connectivity index (χ0) is 29.4. The van der Waals surface area contributed by atoms with Gasteiger partial charge < -0.3 is 14.0 Å². The molecule has 2 aromatic carbocycles. The number of hydrogen-bond acceptors (Lipinski definition) is 6. The lowest BCUT2D eigenvalue weighted by Crippen LogP contribution is -2.42. The number of rotatable bonds is 7. The van der Waals surface area contributed by atoms with E-state index in [0.717, 1.165) is 72.0 Å². The van der Waals surface area contributed by atoms with Crippen LogP contribution in [0.25, 0.3) is 22.2 Å². The summed E-state index contributed by atoms with van der Waals surface area (Å²) in [6.07, 6.45) is 7.97. The summed E-state index contributed by atoms with van der Waals surface area (Å²) in [5.74, 6) is 0.199. The molecule has 1 aliphatic heterocycles. The van der Waals surface area contributed by atoms with Gasteiger partial charge in [-0.15, -0.1) is 0 Å². The van der Waals surface area contributed by atoms with Gasteiger partial charge in [0.25, 0.3) is 5.91 Å². The van der Waals surface area contributed by atoms with E-state index in [0.29, 0.717) is 18.9 Å². The second-order valence-electron chi connectivity index (χ2n) is 12.5. The number of carbonyl (C=O) groups excluding carboxylic acids is 2. The van der Waals surface area contributed by atoms with Crippen LogP contribution in [0.4, 0.5) is 0 Å². The maximum Gasteiger partial charge on any atom is 0.314 e. The van der Waals surface area contributed by atoms with Crippen molar-refractivity contribution in [2.45, 2.75) is 75.8 Å². The SMILES string of the molecule is COC(=O)C12CC1c1cc(OC)ccc1-c1c(C3CCCCC3)c3ccc(C(=O)NS(=O)(=O)N(C)C4CC4)cc3n1C2. The minimum absolute atomic E-state index is 0.00112. The Hall–Kier alpha value is -3.37. The van der Waals surface area contributed by atoms with Crippen LogP contribution in [0.1, 0.15) is 84.7 Å². The lowest BCUT2D eigenvalue weighted by molar-refractivity contribution is -0.147. The molecule has 3 fully saturated rings. The van der Waals surface area contributed by atoms with E-state index in [4.69, 9.17) is 9.47 Å². The monoisotopic (exact) mass is 591 g/mol. The van der Waals surface area contributed by atoms with E-state index >= 15 is 0 Å². The zero-order valence-corrected chi connectivity index (χ0v) is 25.1. The molecule has 0 radical (unpaired) electrons. The predicted octanol–water partition coefficient (Wildman–Crippen LogP) is 5.09. The number of methoxy groups -OCH3 is 2. The van der Waals surface area contributed by atoms with Crippen molar-refractivity contribution in [1.82, 2.24) is 13.6 Å². The van der Waals surface area contributed by atoms with Crippen molar-refractivity contribution in [1.29, 1.82) is 0 Å². The Kier molecular flexibility index (Phi) is 6.43. The predicted molar refractivity (Wildman–Crippen MR) is 159 cm³/mol. The first kappa shape index (κ1) is 27.5. The maximum absolute atomic E-state index is 13.4. The van der Waals surface area contributed by atoms with Gasteiger partial charge in [-0.3, -0.25) is 9.59 Å². The summed E-state index contributed by atoms with van der Waals surface area (Å²) in [5.41, 5.74) is 4.90. The Morgan fingerprint density at radius 1 is 1.02 bits per heavy atom. The highest BCUT2D eigenvalue weighted by Gasteiger charge is 2.64. The lowest BCUT2D eigenvalue weighted by Gasteiger charge is -2.24. The summed E-state index contributed by atoms with van der Waals surface area (Å²) in [5, 5.41) is 1.05. The highest BCUT2D eigenvalue weighted by atomic mass is 32.2. The summed E-state index contributed by atoms with van der Waals surface area (Å²) in [4.78, 5) is 26.7. The first-order valence-electron chi connectivity index (χ1n) is 14.9. The summed E-state index contributed by atoms with van der Waals surface area (Å²) >= 11 is 0. The van der Waals surface area contributed by atoms with Crippen LogP contribution >= 0.6 is 0 Å². The third kappa shape index (κ3) is 4.25. The number of fused-ring (bicyclic) bond motifs is 7. The Balaban J connectivity index is 1.42. The molecule has 7 rings (SSSR count). The van der Waals surface area contributed by atoms with Gasteiger partial charge in [0.05, 0.1) is 25.3 Å². The van der Waals surface area contributed by atoms with Gasteiger partial charge in [0, 0.05) is 47.6 Å². The Bertz CT molecular complexity index is 1720. The van der Waals surface area contributed by atoms with Crippen molar-refractivity contribution in [3.05, 3.63) is 53.1 Å². The topological polar surface area (TPSA) is 107 Å². The molecule has 4 aliphatic rings. The van der Waals surface area contributed by atoms with Crippen LogP contribution in [0.2, 0.25) is 0 Å². The Morgan fingerprint density at radius 3 is 2.48 bits per heavy atom. The fourth-order valence-corrected chi connectivity index (χ4v) is 8.59. The van der Waals surface area contributed by atoms with E-state index in [1.165, 1.54) is 30.4 Å². The second-order valence-corrected chi connectivity index (χ2v) is 14.2. The molecule has 0 spiro atoms. The van der Waals surface area contributed by atoms with Crippen molar-refractivity contribution in [3.8, 4) is 17.0 Å². The van der Waals surface area contributed by atoms with Gasteiger partial charge in [0.15, 0.2) is 0 Å². The zero-order valence-electron chi connectivity index (χ0n) is 24.3. The number of nitrogens with one attached hydrogen (secondary N) is 1. The summed E-state index contributed by atoms with van der Waals surface area (Å²) < 4.78 is 42.4. The van der Waals surface area contributed by atoms with Crippen LogP contribution in [0.5, 0.6) is 5.75 Å². The number of esters is 1. The second kappa shape index (κ2) is 9.84. The smallest absolute Gasteiger partial charge is 0.314 e. The normalized spacial score (nSPS) is 23.5. The molecular formula is C32H37N3O6S. The highest BCUT2D eigenvalue weighted by Crippen LogP contribution is 2.66. The number of nitrogens with zero attached hydrogens (tertiary/aromatic N) is 2. The summed E-state index contributed by atoms with van der Waals surface area (Å²) in [6, 6.07) is 11.6.